The molecule has 6 rings (SSSR count). The fourth-order valence-corrected chi connectivity index (χ4v) is 9.15. The number of carbonyl (C=O) groups excluding carboxylic acids is 2. The minimum atomic E-state index is -4.28. The fourth-order valence-electron chi connectivity index (χ4n) is 7.49. The third-order valence-corrected chi connectivity index (χ3v) is 12.0. The Hall–Kier alpha value is -3.71. The zero-order chi connectivity index (χ0) is 38.3. The average molecular weight is 777 g/mol. The fraction of sp³-hybridized carbons (Fsp3) is 0.622. The largest absolute Gasteiger partial charge is 0.530 e. The first-order valence-corrected chi connectivity index (χ1v) is 19.8. The number of hydrogen-bond acceptors (Lipinski definition) is 13. The number of nitrogens with one attached hydrogen (secondary N) is 1. The van der Waals surface area contributed by atoms with Crippen LogP contribution in [-0.4, -0.2) is 125 Å². The summed E-state index contributed by atoms with van der Waals surface area (Å²) >= 11 is 0. The molecule has 4 aliphatic heterocycles. The van der Waals surface area contributed by atoms with E-state index in [2.05, 4.69) is 5.32 Å². The lowest BCUT2D eigenvalue weighted by molar-refractivity contribution is -0.273. The summed E-state index contributed by atoms with van der Waals surface area (Å²) in [4.78, 5) is 26.3. The molecule has 16 nitrogen and oxygen atoms in total. The summed E-state index contributed by atoms with van der Waals surface area (Å²) in [6.45, 7) is 4.93. The molecular formula is C37H50N3O13S-. The molecule has 0 aromatic heterocycles. The SMILES string of the molecule is CC(C)(CCCCNC(=O)OC1COCOC1)CN(C[C@@H](O)[C@H](Cc1ccccc1)N(C(=O)[O-])[C@H]1CO[C@H]2OCC[C@H]21)S(=O)(=O)c1ccc2c(c1)OCO2. The monoisotopic (exact) mass is 776 g/mol. The number of hydrogen-bond donors (Lipinski definition) is 2. The summed E-state index contributed by atoms with van der Waals surface area (Å²) in [5.74, 6) is 0.441. The van der Waals surface area contributed by atoms with Gasteiger partial charge in [0, 0.05) is 31.6 Å². The van der Waals surface area contributed by atoms with Crippen LogP contribution in [0.25, 0.3) is 0 Å². The number of ether oxygens (including phenoxy) is 7. The summed E-state index contributed by atoms with van der Waals surface area (Å²) in [5.41, 5.74) is 0.145. The van der Waals surface area contributed by atoms with Crippen molar-refractivity contribution < 1.29 is 61.4 Å². The number of unbranched alkanes of at least 4 members (excludes halogenated alkanes) is 1. The van der Waals surface area contributed by atoms with Crippen molar-refractivity contribution in [3.63, 3.8) is 0 Å². The standard InChI is InChI=1S/C37H51N3O13S/c1-37(2,13-6-7-14-38-35(42)53-26-19-47-23-48-20-26)22-39(54(45,46)27-10-11-32-33(17-27)52-24-51-32)18-31(41)29(16-25-8-4-3-5-9-25)40(36(43)44)30-21-50-34-28(30)12-15-49-34/h3-5,8-11,17,26,28-31,34,41H,6-7,12-16,18-24H2,1-2H3,(H,38,42)(H,43,44)/p-1/t28-,29-,30-,31+,34+/m0/s1. The van der Waals surface area contributed by atoms with Gasteiger partial charge in [0.2, 0.25) is 16.8 Å². The van der Waals surface area contributed by atoms with E-state index in [-0.39, 0.29) is 62.9 Å². The average Bonchev–Trinajstić information content (AvgIpc) is 3.90. The lowest BCUT2D eigenvalue weighted by atomic mass is 9.87. The summed E-state index contributed by atoms with van der Waals surface area (Å²) in [6, 6.07) is 11.7. The second-order valence-corrected chi connectivity index (χ2v) is 16.8. The lowest BCUT2D eigenvalue weighted by Crippen LogP contribution is -2.61. The molecule has 4 heterocycles. The van der Waals surface area contributed by atoms with Gasteiger partial charge < -0.3 is 58.4 Å². The Morgan fingerprint density at radius 3 is 2.54 bits per heavy atom. The number of sulfonamides is 1. The molecule has 0 bridgehead atoms. The van der Waals surface area contributed by atoms with Gasteiger partial charge in [-0.25, -0.2) is 13.2 Å². The minimum Gasteiger partial charge on any atom is -0.530 e. The number of carbonyl (C=O) groups is 2. The van der Waals surface area contributed by atoms with Crippen molar-refractivity contribution in [1.82, 2.24) is 14.5 Å². The highest BCUT2D eigenvalue weighted by Crippen LogP contribution is 2.38. The van der Waals surface area contributed by atoms with Crippen LogP contribution in [-0.2, 0) is 40.1 Å². The Bertz CT molecular complexity index is 1670. The second-order valence-electron chi connectivity index (χ2n) is 14.8. The van der Waals surface area contributed by atoms with E-state index in [1.165, 1.54) is 22.5 Å². The van der Waals surface area contributed by atoms with Gasteiger partial charge in [0.1, 0.15) is 12.9 Å². The summed E-state index contributed by atoms with van der Waals surface area (Å²) in [5, 5.41) is 27.8. The maximum absolute atomic E-state index is 14.5. The number of benzene rings is 2. The molecule has 5 atom stereocenters. The maximum atomic E-state index is 14.5. The molecule has 0 radical (unpaired) electrons. The highest BCUT2D eigenvalue weighted by Gasteiger charge is 2.47. The molecule has 0 spiro atoms. The third kappa shape index (κ3) is 9.93. The van der Waals surface area contributed by atoms with Crippen LogP contribution in [0.4, 0.5) is 9.59 Å². The van der Waals surface area contributed by atoms with Crippen molar-refractivity contribution in [1.29, 1.82) is 0 Å². The number of rotatable bonds is 17. The molecule has 0 aliphatic carbocycles. The van der Waals surface area contributed by atoms with Gasteiger partial charge in [-0.15, -0.1) is 0 Å². The van der Waals surface area contributed by atoms with Crippen LogP contribution in [0, 0.1) is 11.3 Å². The lowest BCUT2D eigenvalue weighted by Gasteiger charge is -2.43. The van der Waals surface area contributed by atoms with Crippen LogP contribution in [0.5, 0.6) is 11.5 Å². The molecule has 298 valence electrons. The summed E-state index contributed by atoms with van der Waals surface area (Å²) < 4.78 is 68.2. The quantitative estimate of drug-likeness (QED) is 0.222. The Morgan fingerprint density at radius 1 is 1.02 bits per heavy atom. The minimum absolute atomic E-state index is 0.00750. The van der Waals surface area contributed by atoms with Crippen molar-refractivity contribution in [2.45, 2.75) is 81.4 Å². The number of amides is 2. The van der Waals surface area contributed by atoms with Crippen molar-refractivity contribution in [3.8, 4) is 11.5 Å². The van der Waals surface area contributed by atoms with E-state index in [1.807, 2.05) is 44.2 Å². The van der Waals surface area contributed by atoms with E-state index in [0.29, 0.717) is 44.6 Å². The highest BCUT2D eigenvalue weighted by molar-refractivity contribution is 7.89. The number of aliphatic hydroxyl groups excluding tert-OH is 1. The summed E-state index contributed by atoms with van der Waals surface area (Å²) in [7, 11) is -4.28. The third-order valence-electron chi connectivity index (χ3n) is 10.2. The molecule has 2 N–H and O–H groups in total. The predicted molar refractivity (Wildman–Crippen MR) is 189 cm³/mol. The number of nitrogens with zero attached hydrogens (tertiary/aromatic N) is 2. The molecule has 54 heavy (non-hydrogen) atoms. The molecule has 2 amide bonds. The van der Waals surface area contributed by atoms with E-state index in [4.69, 9.17) is 33.2 Å². The van der Waals surface area contributed by atoms with Crippen LogP contribution in [0.1, 0.15) is 45.1 Å². The van der Waals surface area contributed by atoms with Crippen molar-refractivity contribution >= 4 is 22.2 Å². The Labute approximate surface area is 315 Å². The van der Waals surface area contributed by atoms with Crippen LogP contribution < -0.4 is 19.9 Å². The normalized spacial score (nSPS) is 22.5. The molecule has 3 saturated heterocycles. The van der Waals surface area contributed by atoms with E-state index in [9.17, 15) is 28.2 Å². The van der Waals surface area contributed by atoms with Gasteiger partial charge in [-0.05, 0) is 48.8 Å². The summed E-state index contributed by atoms with van der Waals surface area (Å²) in [6.07, 6.45) is -2.08. The van der Waals surface area contributed by atoms with E-state index in [1.54, 1.807) is 0 Å². The molecule has 3 fully saturated rings. The van der Waals surface area contributed by atoms with Crippen molar-refractivity contribution in [2.75, 3.05) is 59.6 Å². The Morgan fingerprint density at radius 2 is 1.78 bits per heavy atom. The molecule has 0 unspecified atom stereocenters. The van der Waals surface area contributed by atoms with Gasteiger partial charge in [-0.3, -0.25) is 0 Å². The molecule has 2 aromatic carbocycles. The van der Waals surface area contributed by atoms with Crippen molar-refractivity contribution in [2.24, 2.45) is 11.3 Å². The predicted octanol–water partition coefficient (Wildman–Crippen LogP) is 2.08. The number of fused-ring (bicyclic) bond motifs is 2. The van der Waals surface area contributed by atoms with Gasteiger partial charge in [-0.2, -0.15) is 4.31 Å². The molecular weight excluding hydrogens is 726 g/mol. The van der Waals surface area contributed by atoms with Crippen LogP contribution >= 0.6 is 0 Å². The topological polar surface area (TPSA) is 195 Å². The first-order chi connectivity index (χ1) is 25.9. The zero-order valence-electron chi connectivity index (χ0n) is 30.6. The molecule has 4 aliphatic rings. The molecule has 0 saturated carbocycles. The first kappa shape index (κ1) is 40.0. The van der Waals surface area contributed by atoms with Crippen LogP contribution in [0.2, 0.25) is 0 Å². The zero-order valence-corrected chi connectivity index (χ0v) is 31.4. The van der Waals surface area contributed by atoms with E-state index < -0.39 is 64.8 Å². The smallest absolute Gasteiger partial charge is 0.407 e. The highest BCUT2D eigenvalue weighted by atomic mass is 32.2. The first-order valence-electron chi connectivity index (χ1n) is 18.4. The van der Waals surface area contributed by atoms with Crippen LogP contribution in [0.15, 0.2) is 53.4 Å². The van der Waals surface area contributed by atoms with Gasteiger partial charge in [0.15, 0.2) is 23.9 Å². The molecule has 17 heteroatoms. The van der Waals surface area contributed by atoms with Gasteiger partial charge in [0.25, 0.3) is 0 Å². The Kier molecular flexibility index (Phi) is 13.2. The number of carboxylic acid groups (broad SMARTS) is 1. The van der Waals surface area contributed by atoms with Crippen molar-refractivity contribution in [3.05, 3.63) is 54.1 Å². The van der Waals surface area contributed by atoms with Gasteiger partial charge in [-0.1, -0.05) is 50.6 Å². The number of alkyl carbamates (subject to hydrolysis) is 1. The van der Waals surface area contributed by atoms with Gasteiger partial charge >= 0.3 is 6.09 Å². The van der Waals surface area contributed by atoms with Crippen LogP contribution in [0.3, 0.4) is 0 Å². The van der Waals surface area contributed by atoms with E-state index >= 15 is 0 Å². The Balaban J connectivity index is 1.20. The molecule has 2 aromatic rings. The van der Waals surface area contributed by atoms with Gasteiger partial charge in [0.05, 0.1) is 49.5 Å². The number of aliphatic hydroxyl groups is 1. The maximum Gasteiger partial charge on any atom is 0.407 e. The van der Waals surface area contributed by atoms with E-state index in [0.717, 1.165) is 10.5 Å². The second kappa shape index (κ2) is 17.8.